The Morgan fingerprint density at radius 3 is 2.11 bits per heavy atom. The summed E-state index contributed by atoms with van der Waals surface area (Å²) in [4.78, 5) is 24.7. The fourth-order valence-electron chi connectivity index (χ4n) is 3.32. The van der Waals surface area contributed by atoms with Gasteiger partial charge in [-0.25, -0.2) is 8.78 Å². The lowest BCUT2D eigenvalue weighted by atomic mass is 10.00. The van der Waals surface area contributed by atoms with E-state index in [2.05, 4.69) is 10.6 Å². The topological polar surface area (TPSA) is 87.7 Å². The molecule has 0 aromatic heterocycles. The Morgan fingerprint density at radius 1 is 0.914 bits per heavy atom. The van der Waals surface area contributed by atoms with Crippen LogP contribution in [0.5, 0.6) is 11.5 Å². The first-order valence-electron chi connectivity index (χ1n) is 9.89. The van der Waals surface area contributed by atoms with Crippen LogP contribution >= 0.6 is 35.4 Å². The summed E-state index contributed by atoms with van der Waals surface area (Å²) in [7, 11) is 0. The Kier molecular flexibility index (Phi) is 7.02. The molecule has 0 atom stereocenters. The summed E-state index contributed by atoms with van der Waals surface area (Å²) in [5.74, 6) is -2.98. The molecule has 4 rings (SSSR count). The Morgan fingerprint density at radius 2 is 1.51 bits per heavy atom. The molecule has 0 unspecified atom stereocenters. The Balaban J connectivity index is 1.76. The molecule has 35 heavy (non-hydrogen) atoms. The van der Waals surface area contributed by atoms with Gasteiger partial charge in [-0.3, -0.25) is 20.2 Å². The Bertz CT molecular complexity index is 1360. The number of halogens is 4. The van der Waals surface area contributed by atoms with Crippen molar-refractivity contribution in [2.75, 3.05) is 0 Å². The highest BCUT2D eigenvalue weighted by Gasteiger charge is 2.26. The quantitative estimate of drug-likeness (QED) is 0.240. The summed E-state index contributed by atoms with van der Waals surface area (Å²) in [5.41, 5.74) is 1.40. The van der Waals surface area contributed by atoms with Gasteiger partial charge in [0.15, 0.2) is 10.9 Å². The smallest absolute Gasteiger partial charge is 0.263 e. The van der Waals surface area contributed by atoms with Gasteiger partial charge in [0.1, 0.15) is 29.6 Å². The van der Waals surface area contributed by atoms with Crippen LogP contribution in [0.2, 0.25) is 10.0 Å². The van der Waals surface area contributed by atoms with Crippen molar-refractivity contribution in [3.8, 4) is 22.6 Å². The molecule has 6 nitrogen and oxygen atoms in total. The second-order valence-corrected chi connectivity index (χ2v) is 8.63. The molecule has 1 fully saturated rings. The number of hydrogen-bond donors (Lipinski definition) is 3. The molecule has 0 bridgehead atoms. The van der Waals surface area contributed by atoms with Crippen LogP contribution < -0.4 is 15.4 Å². The van der Waals surface area contributed by atoms with E-state index in [0.717, 1.165) is 18.2 Å². The van der Waals surface area contributed by atoms with Crippen LogP contribution in [0.4, 0.5) is 8.78 Å². The molecule has 1 saturated heterocycles. The van der Waals surface area contributed by atoms with E-state index in [4.69, 9.17) is 40.2 Å². The number of phenols is 1. The van der Waals surface area contributed by atoms with E-state index in [1.807, 2.05) is 0 Å². The van der Waals surface area contributed by atoms with E-state index >= 15 is 0 Å². The van der Waals surface area contributed by atoms with Crippen LogP contribution in [-0.2, 0) is 16.2 Å². The molecule has 11 heteroatoms. The van der Waals surface area contributed by atoms with Crippen LogP contribution in [0.3, 0.4) is 0 Å². The molecule has 1 aliphatic heterocycles. The van der Waals surface area contributed by atoms with Crippen molar-refractivity contribution in [1.82, 2.24) is 10.6 Å². The largest absolute Gasteiger partial charge is 0.505 e. The van der Waals surface area contributed by atoms with Crippen molar-refractivity contribution in [1.29, 1.82) is 0 Å². The number of phenolic OH excluding ortho intramolecular Hbond substituents is 1. The molecule has 0 aliphatic carbocycles. The van der Waals surface area contributed by atoms with Gasteiger partial charge in [-0.2, -0.15) is 0 Å². The van der Waals surface area contributed by atoms with Crippen molar-refractivity contribution in [2.45, 2.75) is 6.61 Å². The number of amides is 2. The number of carbonyl (C=O) groups is 2. The molecule has 0 radical (unpaired) electrons. The SMILES string of the molecule is O=C1NC(=S)NC(=O)C1=Cc1cc(-c2cc(Cl)c(O)c(Cl)c2)ccc1OCc1cc(F)cc(F)c1. The third-order valence-electron chi connectivity index (χ3n) is 4.92. The number of nitrogens with one attached hydrogen (secondary N) is 2. The molecule has 2 amide bonds. The minimum absolute atomic E-state index is 0.0282. The van der Waals surface area contributed by atoms with Crippen molar-refractivity contribution in [2.24, 2.45) is 0 Å². The number of rotatable bonds is 5. The molecule has 0 spiro atoms. The van der Waals surface area contributed by atoms with Crippen molar-refractivity contribution in [3.05, 3.63) is 86.9 Å². The van der Waals surface area contributed by atoms with Crippen LogP contribution in [0.15, 0.2) is 54.1 Å². The lowest BCUT2D eigenvalue weighted by Gasteiger charge is -2.17. The molecular formula is C24H14Cl2F2N2O4S. The Labute approximate surface area is 213 Å². The maximum Gasteiger partial charge on any atom is 0.263 e. The van der Waals surface area contributed by atoms with Crippen molar-refractivity contribution < 1.29 is 28.2 Å². The number of hydrogen-bond acceptors (Lipinski definition) is 5. The van der Waals surface area contributed by atoms with Gasteiger partial charge in [-0.05, 0) is 71.4 Å². The first-order valence-corrected chi connectivity index (χ1v) is 11.1. The second kappa shape index (κ2) is 9.99. The normalized spacial score (nSPS) is 13.4. The van der Waals surface area contributed by atoms with Gasteiger partial charge in [0, 0.05) is 11.6 Å². The number of carbonyl (C=O) groups excluding carboxylic acids is 2. The van der Waals surface area contributed by atoms with E-state index in [1.54, 1.807) is 18.2 Å². The zero-order chi connectivity index (χ0) is 25.3. The first kappa shape index (κ1) is 24.6. The molecular weight excluding hydrogens is 521 g/mol. The van der Waals surface area contributed by atoms with Gasteiger partial charge in [-0.1, -0.05) is 29.3 Å². The van der Waals surface area contributed by atoms with Crippen LogP contribution in [0.25, 0.3) is 17.2 Å². The van der Waals surface area contributed by atoms with Crippen LogP contribution in [0.1, 0.15) is 11.1 Å². The lowest BCUT2D eigenvalue weighted by Crippen LogP contribution is -2.51. The third-order valence-corrected chi connectivity index (χ3v) is 5.70. The molecule has 3 aromatic carbocycles. The highest BCUT2D eigenvalue weighted by Crippen LogP contribution is 2.38. The number of benzene rings is 3. The van der Waals surface area contributed by atoms with Crippen molar-refractivity contribution >= 4 is 58.4 Å². The molecule has 3 N–H and O–H groups in total. The summed E-state index contributed by atoms with van der Waals surface area (Å²) < 4.78 is 32.9. The molecule has 1 heterocycles. The summed E-state index contributed by atoms with van der Waals surface area (Å²) in [6.45, 7) is -0.191. The van der Waals surface area contributed by atoms with E-state index in [1.165, 1.54) is 18.2 Å². The van der Waals surface area contributed by atoms with Gasteiger partial charge in [0.2, 0.25) is 0 Å². The Hall–Kier alpha value is -3.53. The number of thiocarbonyl (C=S) groups is 1. The minimum atomic E-state index is -0.756. The lowest BCUT2D eigenvalue weighted by molar-refractivity contribution is -0.123. The van der Waals surface area contributed by atoms with E-state index in [9.17, 15) is 23.5 Å². The van der Waals surface area contributed by atoms with Crippen molar-refractivity contribution in [3.63, 3.8) is 0 Å². The second-order valence-electron chi connectivity index (χ2n) is 7.40. The average molecular weight is 535 g/mol. The van der Waals surface area contributed by atoms with E-state index in [0.29, 0.717) is 16.7 Å². The highest BCUT2D eigenvalue weighted by atomic mass is 35.5. The van der Waals surface area contributed by atoms with Gasteiger partial charge in [-0.15, -0.1) is 0 Å². The predicted molar refractivity (Wildman–Crippen MR) is 131 cm³/mol. The molecule has 0 saturated carbocycles. The zero-order valence-corrected chi connectivity index (χ0v) is 19.8. The standard InChI is InChI=1S/C24H14Cl2F2N2O4S/c25-18-7-13(8-19(26)21(18)31)12-1-2-20(34-10-11-3-15(27)9-16(28)4-11)14(5-12)6-17-22(32)29-24(35)30-23(17)33/h1-9,31H,10H2,(H2,29,30,32,33,35). The molecule has 3 aromatic rings. The van der Waals surface area contributed by atoms with Gasteiger partial charge in [0.05, 0.1) is 10.0 Å². The maximum absolute atomic E-state index is 13.6. The fourth-order valence-corrected chi connectivity index (χ4v) is 3.99. The minimum Gasteiger partial charge on any atom is -0.505 e. The predicted octanol–water partition coefficient (Wildman–Crippen LogP) is 5.14. The average Bonchev–Trinajstić information content (AvgIpc) is 2.77. The summed E-state index contributed by atoms with van der Waals surface area (Å²) in [6.07, 6.45) is 1.29. The third kappa shape index (κ3) is 5.59. The van der Waals surface area contributed by atoms with E-state index in [-0.39, 0.29) is 44.4 Å². The summed E-state index contributed by atoms with van der Waals surface area (Å²) in [6, 6.07) is 10.8. The van der Waals surface area contributed by atoms with Gasteiger partial charge < -0.3 is 9.84 Å². The monoisotopic (exact) mass is 534 g/mol. The fraction of sp³-hybridized carbons (Fsp3) is 0.0417. The van der Waals surface area contributed by atoms with Gasteiger partial charge in [0.25, 0.3) is 11.8 Å². The number of aromatic hydroxyl groups is 1. The first-order chi connectivity index (χ1) is 16.6. The summed E-state index contributed by atoms with van der Waals surface area (Å²) >= 11 is 16.9. The molecule has 1 aliphatic rings. The van der Waals surface area contributed by atoms with Gasteiger partial charge >= 0.3 is 0 Å². The van der Waals surface area contributed by atoms with Crippen LogP contribution in [0, 0.1) is 11.6 Å². The van der Waals surface area contributed by atoms with E-state index < -0.39 is 23.4 Å². The van der Waals surface area contributed by atoms with Crippen LogP contribution in [-0.4, -0.2) is 22.0 Å². The maximum atomic E-state index is 13.6. The molecule has 178 valence electrons. The number of ether oxygens (including phenoxy) is 1. The summed E-state index contributed by atoms with van der Waals surface area (Å²) in [5, 5.41) is 14.5. The highest BCUT2D eigenvalue weighted by molar-refractivity contribution is 7.80. The zero-order valence-electron chi connectivity index (χ0n) is 17.5.